The third kappa shape index (κ3) is 3.54. The van der Waals surface area contributed by atoms with Gasteiger partial charge in [0.15, 0.2) is 0 Å². The zero-order valence-electron chi connectivity index (χ0n) is 9.92. The maximum atomic E-state index is 11.2. The largest absolute Gasteiger partial charge is 0.338 e. The minimum atomic E-state index is 0.0557. The van der Waals surface area contributed by atoms with Crippen LogP contribution in [0.2, 0.25) is 0 Å². The number of hydrogen-bond acceptors (Lipinski definition) is 3. The van der Waals surface area contributed by atoms with Crippen LogP contribution in [0, 0.1) is 5.41 Å². The molecule has 3 nitrogen and oxygen atoms in total. The molecule has 1 fully saturated rings. The van der Waals surface area contributed by atoms with Gasteiger partial charge < -0.3 is 10.2 Å². The zero-order valence-corrected chi connectivity index (χ0v) is 10.8. The van der Waals surface area contributed by atoms with Crippen LogP contribution >= 0.6 is 12.6 Å². The molecule has 0 unspecified atom stereocenters. The molecule has 1 saturated heterocycles. The number of likely N-dealkylation sites (tertiary alicyclic amines) is 1. The van der Waals surface area contributed by atoms with Crippen molar-refractivity contribution in [3.8, 4) is 0 Å². The molecule has 88 valence electrons. The van der Waals surface area contributed by atoms with Crippen LogP contribution in [-0.2, 0) is 4.79 Å². The summed E-state index contributed by atoms with van der Waals surface area (Å²) in [6, 6.07) is 0. The lowest BCUT2D eigenvalue weighted by Crippen LogP contribution is -2.61. The maximum Gasteiger partial charge on any atom is 0.245 e. The van der Waals surface area contributed by atoms with Crippen molar-refractivity contribution < 1.29 is 4.79 Å². The highest BCUT2D eigenvalue weighted by Crippen LogP contribution is 2.33. The van der Waals surface area contributed by atoms with E-state index in [0.29, 0.717) is 5.41 Å². The zero-order chi connectivity index (χ0) is 11.9. The number of rotatable bonds is 4. The lowest BCUT2D eigenvalue weighted by atomic mass is 9.77. The highest BCUT2D eigenvalue weighted by molar-refractivity contribution is 7.79. The Morgan fingerprint density at radius 2 is 2.13 bits per heavy atom. The number of carbonyl (C=O) groups excluding carboxylic acids is 1. The van der Waals surface area contributed by atoms with E-state index in [9.17, 15) is 4.79 Å². The molecule has 0 aliphatic carbocycles. The highest BCUT2D eigenvalue weighted by atomic mass is 32.1. The van der Waals surface area contributed by atoms with Gasteiger partial charge in [0.25, 0.3) is 0 Å². The monoisotopic (exact) mass is 230 g/mol. The normalized spacial score (nSPS) is 17.2. The second kappa shape index (κ2) is 6.90. The van der Waals surface area contributed by atoms with E-state index in [2.05, 4.69) is 31.4 Å². The fourth-order valence-corrected chi connectivity index (χ4v) is 1.88. The molecule has 0 spiro atoms. The van der Waals surface area contributed by atoms with Crippen molar-refractivity contribution in [3.05, 3.63) is 12.7 Å². The minimum absolute atomic E-state index is 0.0557. The topological polar surface area (TPSA) is 32.3 Å². The fourth-order valence-electron chi connectivity index (χ4n) is 1.88. The fraction of sp³-hybridized carbons (Fsp3) is 0.727. The summed E-state index contributed by atoms with van der Waals surface area (Å²) in [6.45, 7) is 8.38. The van der Waals surface area contributed by atoms with Gasteiger partial charge in [-0.1, -0.05) is 13.5 Å². The summed E-state index contributed by atoms with van der Waals surface area (Å²) >= 11 is 3.53. The molecule has 1 N–H and O–H groups in total. The Bertz CT molecular complexity index is 213. The van der Waals surface area contributed by atoms with Gasteiger partial charge in [0.1, 0.15) is 0 Å². The van der Waals surface area contributed by atoms with Crippen molar-refractivity contribution in [1.29, 1.82) is 0 Å². The molecule has 1 amide bonds. The van der Waals surface area contributed by atoms with Crippen LogP contribution in [0.25, 0.3) is 0 Å². The van der Waals surface area contributed by atoms with Gasteiger partial charge in [0, 0.05) is 25.0 Å². The van der Waals surface area contributed by atoms with Crippen LogP contribution in [-0.4, -0.2) is 43.7 Å². The first-order chi connectivity index (χ1) is 7.17. The number of carbonyl (C=O) groups is 1. The lowest BCUT2D eigenvalue weighted by Gasteiger charge is -2.49. The van der Waals surface area contributed by atoms with Gasteiger partial charge in [-0.3, -0.25) is 4.79 Å². The average Bonchev–Trinajstić information content (AvgIpc) is 2.24. The van der Waals surface area contributed by atoms with Crippen molar-refractivity contribution in [2.45, 2.75) is 13.3 Å². The van der Waals surface area contributed by atoms with Gasteiger partial charge in [0.05, 0.1) is 0 Å². The molecule has 4 heteroatoms. The quantitative estimate of drug-likeness (QED) is 0.561. The Labute approximate surface area is 98.3 Å². The number of thiol groups is 1. The number of nitrogens with zero attached hydrogens (tertiary/aromatic N) is 1. The van der Waals surface area contributed by atoms with E-state index < -0.39 is 0 Å². The molecule has 0 atom stereocenters. The van der Waals surface area contributed by atoms with Crippen LogP contribution in [0.5, 0.6) is 0 Å². The molecule has 0 aromatic carbocycles. The Morgan fingerprint density at radius 3 is 2.47 bits per heavy atom. The predicted octanol–water partition coefficient (Wildman–Crippen LogP) is 1.18. The lowest BCUT2D eigenvalue weighted by molar-refractivity contribution is -0.137. The first kappa shape index (κ1) is 14.5. The van der Waals surface area contributed by atoms with E-state index in [1.807, 2.05) is 11.9 Å². The Kier molecular flexibility index (Phi) is 6.68. The van der Waals surface area contributed by atoms with Gasteiger partial charge >= 0.3 is 0 Å². The van der Waals surface area contributed by atoms with Gasteiger partial charge in [-0.25, -0.2) is 0 Å². The first-order valence-corrected chi connectivity index (χ1v) is 6.07. The van der Waals surface area contributed by atoms with Gasteiger partial charge in [-0.15, -0.1) is 0 Å². The molecular weight excluding hydrogens is 208 g/mol. The summed E-state index contributed by atoms with van der Waals surface area (Å²) < 4.78 is 0. The summed E-state index contributed by atoms with van der Waals surface area (Å²) in [5, 5.41) is 3.18. The van der Waals surface area contributed by atoms with E-state index in [1.165, 1.54) is 6.08 Å². The number of nitrogens with one attached hydrogen (secondary N) is 1. The summed E-state index contributed by atoms with van der Waals surface area (Å²) in [5.41, 5.74) is 0.313. The van der Waals surface area contributed by atoms with E-state index >= 15 is 0 Å². The molecule has 0 aromatic rings. The second-order valence-electron chi connectivity index (χ2n) is 3.78. The van der Waals surface area contributed by atoms with Gasteiger partial charge in [0.2, 0.25) is 5.91 Å². The van der Waals surface area contributed by atoms with Crippen molar-refractivity contribution in [3.63, 3.8) is 0 Å². The number of amides is 1. The molecule has 0 saturated carbocycles. The number of hydrogen-bond donors (Lipinski definition) is 2. The predicted molar refractivity (Wildman–Crippen MR) is 68.3 cm³/mol. The van der Waals surface area contributed by atoms with Crippen LogP contribution in [0.15, 0.2) is 12.7 Å². The highest BCUT2D eigenvalue weighted by Gasteiger charge is 2.42. The Morgan fingerprint density at radius 1 is 1.60 bits per heavy atom. The third-order valence-corrected chi connectivity index (χ3v) is 2.84. The van der Waals surface area contributed by atoms with Crippen LogP contribution in [0.4, 0.5) is 0 Å². The molecule has 15 heavy (non-hydrogen) atoms. The third-order valence-electron chi connectivity index (χ3n) is 2.84. The molecule has 1 aliphatic heterocycles. The Hall–Kier alpha value is -0.480. The van der Waals surface area contributed by atoms with E-state index in [0.717, 1.165) is 26.1 Å². The van der Waals surface area contributed by atoms with Crippen molar-refractivity contribution >= 4 is 18.5 Å². The summed E-state index contributed by atoms with van der Waals surface area (Å²) in [4.78, 5) is 13.0. The van der Waals surface area contributed by atoms with E-state index in [-0.39, 0.29) is 5.91 Å². The minimum Gasteiger partial charge on any atom is -0.338 e. The standard InChI is InChI=1S/C10H18N2O.CH4S/c1-4-9(13)12-7-10(5-2,8-12)6-11-3;1-2/h4,11H,1,5-8H2,2-3H3;2H,1H3. The molecule has 1 heterocycles. The summed E-state index contributed by atoms with van der Waals surface area (Å²) in [7, 11) is 1.95. The van der Waals surface area contributed by atoms with Crippen LogP contribution in [0.1, 0.15) is 13.3 Å². The summed E-state index contributed by atoms with van der Waals surface area (Å²) in [5.74, 6) is 0.0557. The maximum absolute atomic E-state index is 11.2. The molecule has 1 aliphatic rings. The average molecular weight is 230 g/mol. The van der Waals surface area contributed by atoms with Crippen molar-refractivity contribution in [2.75, 3.05) is 32.9 Å². The molecule has 1 rings (SSSR count). The van der Waals surface area contributed by atoms with Crippen LogP contribution in [0.3, 0.4) is 0 Å². The van der Waals surface area contributed by atoms with Crippen LogP contribution < -0.4 is 5.32 Å². The van der Waals surface area contributed by atoms with Gasteiger partial charge in [-0.05, 0) is 25.8 Å². The molecule has 0 aromatic heterocycles. The molecule has 0 radical (unpaired) electrons. The first-order valence-electron chi connectivity index (χ1n) is 5.18. The smallest absolute Gasteiger partial charge is 0.245 e. The van der Waals surface area contributed by atoms with Crippen molar-refractivity contribution in [2.24, 2.45) is 5.41 Å². The molecule has 0 bridgehead atoms. The van der Waals surface area contributed by atoms with Crippen molar-refractivity contribution in [1.82, 2.24) is 10.2 Å². The Balaban J connectivity index is 0.000000921. The SMILES string of the molecule is C=CC(=O)N1CC(CC)(CNC)C1.CS. The van der Waals surface area contributed by atoms with E-state index in [4.69, 9.17) is 0 Å². The second-order valence-corrected chi connectivity index (χ2v) is 3.78. The van der Waals surface area contributed by atoms with Gasteiger partial charge in [-0.2, -0.15) is 12.6 Å². The van der Waals surface area contributed by atoms with E-state index in [1.54, 1.807) is 6.26 Å². The summed E-state index contributed by atoms with van der Waals surface area (Å²) in [6.07, 6.45) is 4.20. The molecular formula is C11H22N2OS.